The number of carbonyl (C=O) groups excluding carboxylic acids is 1. The molecule has 0 aromatic heterocycles. The summed E-state index contributed by atoms with van der Waals surface area (Å²) in [6, 6.07) is 14.9. The zero-order valence-electron chi connectivity index (χ0n) is 18.9. The van der Waals surface area contributed by atoms with E-state index < -0.39 is 10.0 Å². The maximum absolute atomic E-state index is 12.9. The van der Waals surface area contributed by atoms with Crippen LogP contribution in [0, 0.1) is 6.92 Å². The lowest BCUT2D eigenvalue weighted by molar-refractivity contribution is 0.0664. The lowest BCUT2D eigenvalue weighted by Gasteiger charge is -2.34. The third-order valence-corrected chi connectivity index (χ3v) is 8.27. The Hall–Kier alpha value is -2.26. The number of amides is 1. The van der Waals surface area contributed by atoms with Crippen molar-refractivity contribution in [2.45, 2.75) is 18.4 Å². The van der Waals surface area contributed by atoms with E-state index in [-0.39, 0.29) is 5.91 Å². The minimum absolute atomic E-state index is 0.0916. The molecule has 172 valence electrons. The number of benzene rings is 2. The fourth-order valence-corrected chi connectivity index (χ4v) is 5.66. The number of hydrogen-bond acceptors (Lipinski definition) is 5. The molecule has 0 atom stereocenters. The quantitative estimate of drug-likeness (QED) is 0.688. The molecule has 0 radical (unpaired) electrons. The number of rotatable bonds is 5. The van der Waals surface area contributed by atoms with Crippen LogP contribution in [0.15, 0.2) is 53.4 Å². The first-order valence-electron chi connectivity index (χ1n) is 11.2. The molecule has 2 aliphatic rings. The third kappa shape index (κ3) is 5.20. The van der Waals surface area contributed by atoms with Crippen LogP contribution < -0.4 is 0 Å². The Bertz CT molecular complexity index is 1040. The van der Waals surface area contributed by atoms with Crippen molar-refractivity contribution < 1.29 is 13.2 Å². The summed E-state index contributed by atoms with van der Waals surface area (Å²) in [5.74, 6) is 0.0916. The largest absolute Gasteiger partial charge is 0.336 e. The summed E-state index contributed by atoms with van der Waals surface area (Å²) < 4.78 is 27.4. The first-order valence-corrected chi connectivity index (χ1v) is 12.6. The van der Waals surface area contributed by atoms with Crippen molar-refractivity contribution in [1.82, 2.24) is 19.0 Å². The van der Waals surface area contributed by atoms with Crippen LogP contribution in [0.2, 0.25) is 0 Å². The average molecular weight is 457 g/mol. The highest BCUT2D eigenvalue weighted by molar-refractivity contribution is 7.89. The average Bonchev–Trinajstić information content (AvgIpc) is 2.80. The van der Waals surface area contributed by atoms with Gasteiger partial charge in [0.2, 0.25) is 10.0 Å². The Morgan fingerprint density at radius 1 is 0.875 bits per heavy atom. The molecule has 7 nitrogen and oxygen atoms in total. The summed E-state index contributed by atoms with van der Waals surface area (Å²) in [6.45, 7) is 8.26. The molecule has 0 saturated carbocycles. The summed E-state index contributed by atoms with van der Waals surface area (Å²) in [5.41, 5.74) is 2.86. The number of carbonyl (C=O) groups is 1. The van der Waals surface area contributed by atoms with Gasteiger partial charge in [0.15, 0.2) is 0 Å². The van der Waals surface area contributed by atoms with Gasteiger partial charge in [-0.3, -0.25) is 9.69 Å². The van der Waals surface area contributed by atoms with E-state index in [9.17, 15) is 13.2 Å². The second-order valence-electron chi connectivity index (χ2n) is 8.79. The van der Waals surface area contributed by atoms with Crippen LogP contribution >= 0.6 is 0 Å². The third-order valence-electron chi connectivity index (χ3n) is 6.36. The van der Waals surface area contributed by atoms with Crippen molar-refractivity contribution in [2.75, 3.05) is 59.4 Å². The molecule has 2 aromatic rings. The van der Waals surface area contributed by atoms with E-state index >= 15 is 0 Å². The molecule has 2 heterocycles. The zero-order chi connectivity index (χ0) is 22.7. The van der Waals surface area contributed by atoms with Gasteiger partial charge in [0.25, 0.3) is 5.91 Å². The van der Waals surface area contributed by atoms with E-state index in [0.717, 1.165) is 42.9 Å². The number of sulfonamides is 1. The molecule has 0 N–H and O–H groups in total. The van der Waals surface area contributed by atoms with Gasteiger partial charge in [-0.1, -0.05) is 29.8 Å². The predicted octanol–water partition coefficient (Wildman–Crippen LogP) is 1.89. The Balaban J connectivity index is 1.35. The second-order valence-corrected chi connectivity index (χ2v) is 10.7. The van der Waals surface area contributed by atoms with Crippen molar-refractivity contribution in [3.8, 4) is 0 Å². The summed E-state index contributed by atoms with van der Waals surface area (Å²) in [4.78, 5) is 19.6. The highest BCUT2D eigenvalue weighted by Crippen LogP contribution is 2.19. The number of nitrogens with zero attached hydrogens (tertiary/aromatic N) is 4. The van der Waals surface area contributed by atoms with Crippen molar-refractivity contribution in [1.29, 1.82) is 0 Å². The Morgan fingerprint density at radius 2 is 1.53 bits per heavy atom. The van der Waals surface area contributed by atoms with Crippen molar-refractivity contribution in [3.63, 3.8) is 0 Å². The minimum Gasteiger partial charge on any atom is -0.336 e. The molecule has 0 unspecified atom stereocenters. The second kappa shape index (κ2) is 9.70. The maximum Gasteiger partial charge on any atom is 0.253 e. The number of hydrogen-bond donors (Lipinski definition) is 0. The normalized spacial score (nSPS) is 19.2. The van der Waals surface area contributed by atoms with Crippen LogP contribution in [-0.2, 0) is 16.6 Å². The maximum atomic E-state index is 12.9. The van der Waals surface area contributed by atoms with Crippen molar-refractivity contribution in [3.05, 3.63) is 65.2 Å². The summed E-state index contributed by atoms with van der Waals surface area (Å²) >= 11 is 0. The van der Waals surface area contributed by atoms with Gasteiger partial charge in [-0.05, 0) is 43.8 Å². The van der Waals surface area contributed by atoms with Crippen molar-refractivity contribution in [2.24, 2.45) is 0 Å². The molecule has 0 aliphatic carbocycles. The standard InChI is InChI=1S/C24H32N4O3S/c1-20-6-8-23(9-7-20)32(30,31)28-16-12-26(13-17-28)19-21-4-3-5-22(18-21)24(29)27-14-10-25(2)11-15-27/h3-9,18H,10-17,19H2,1-2H3. The van der Waals surface area contributed by atoms with Gasteiger partial charge >= 0.3 is 0 Å². The van der Waals surface area contributed by atoms with Gasteiger partial charge in [-0.25, -0.2) is 8.42 Å². The van der Waals surface area contributed by atoms with E-state index in [0.29, 0.717) is 37.6 Å². The molecule has 32 heavy (non-hydrogen) atoms. The van der Waals surface area contributed by atoms with Crippen LogP contribution in [0.25, 0.3) is 0 Å². The van der Waals surface area contributed by atoms with Crippen LogP contribution in [0.1, 0.15) is 21.5 Å². The first kappa shape index (κ1) is 22.9. The van der Waals surface area contributed by atoms with E-state index in [1.54, 1.807) is 16.4 Å². The lowest BCUT2D eigenvalue weighted by atomic mass is 10.1. The minimum atomic E-state index is -3.46. The molecule has 8 heteroatoms. The number of likely N-dealkylation sites (N-methyl/N-ethyl adjacent to an activating group) is 1. The molecule has 2 aliphatic heterocycles. The fourth-order valence-electron chi connectivity index (χ4n) is 4.24. The van der Waals surface area contributed by atoms with Gasteiger partial charge in [-0.15, -0.1) is 0 Å². The van der Waals surface area contributed by atoms with E-state index in [2.05, 4.69) is 16.8 Å². The van der Waals surface area contributed by atoms with E-state index in [1.165, 1.54) is 0 Å². The Labute approximate surface area is 191 Å². The van der Waals surface area contributed by atoms with Gasteiger partial charge in [0.1, 0.15) is 0 Å². The van der Waals surface area contributed by atoms with Crippen LogP contribution in [0.4, 0.5) is 0 Å². The monoisotopic (exact) mass is 456 g/mol. The van der Waals surface area contributed by atoms with E-state index in [1.807, 2.05) is 48.2 Å². The summed E-state index contributed by atoms with van der Waals surface area (Å²) in [6.07, 6.45) is 0. The first-order chi connectivity index (χ1) is 15.3. The molecule has 0 spiro atoms. The molecular formula is C24H32N4O3S. The molecule has 2 saturated heterocycles. The zero-order valence-corrected chi connectivity index (χ0v) is 19.7. The van der Waals surface area contributed by atoms with Crippen LogP contribution in [0.3, 0.4) is 0 Å². The van der Waals surface area contributed by atoms with Gasteiger partial charge < -0.3 is 9.80 Å². The SMILES string of the molecule is Cc1ccc(S(=O)(=O)N2CCN(Cc3cccc(C(=O)N4CCN(C)CC4)c3)CC2)cc1. The smallest absolute Gasteiger partial charge is 0.253 e. The predicted molar refractivity (Wildman–Crippen MR) is 125 cm³/mol. The van der Waals surface area contributed by atoms with Gasteiger partial charge in [-0.2, -0.15) is 4.31 Å². The fraction of sp³-hybridized carbons (Fsp3) is 0.458. The topological polar surface area (TPSA) is 64.2 Å². The van der Waals surface area contributed by atoms with Gasteiger partial charge in [0.05, 0.1) is 4.90 Å². The molecule has 1 amide bonds. The highest BCUT2D eigenvalue weighted by atomic mass is 32.2. The van der Waals surface area contributed by atoms with Crippen LogP contribution in [-0.4, -0.2) is 92.7 Å². The van der Waals surface area contributed by atoms with Gasteiger partial charge in [0, 0.05) is 64.5 Å². The Kier molecular flexibility index (Phi) is 6.95. The lowest BCUT2D eigenvalue weighted by Crippen LogP contribution is -2.48. The van der Waals surface area contributed by atoms with E-state index in [4.69, 9.17) is 0 Å². The molecule has 0 bridgehead atoms. The summed E-state index contributed by atoms with van der Waals surface area (Å²) in [7, 11) is -1.38. The number of piperazine rings is 2. The molecular weight excluding hydrogens is 424 g/mol. The molecule has 2 aromatic carbocycles. The van der Waals surface area contributed by atoms with Crippen LogP contribution in [0.5, 0.6) is 0 Å². The molecule has 4 rings (SSSR count). The summed E-state index contributed by atoms with van der Waals surface area (Å²) in [5, 5.41) is 0. The molecule has 2 fully saturated rings. The number of aryl methyl sites for hydroxylation is 1. The highest BCUT2D eigenvalue weighted by Gasteiger charge is 2.28. The van der Waals surface area contributed by atoms with Crippen molar-refractivity contribution >= 4 is 15.9 Å². The Morgan fingerprint density at radius 3 is 2.19 bits per heavy atom.